The first-order chi connectivity index (χ1) is 10.5. The Morgan fingerprint density at radius 1 is 1.45 bits per heavy atom. The van der Waals surface area contributed by atoms with Crippen LogP contribution in [0.4, 0.5) is 4.39 Å². The Balaban J connectivity index is 1.59. The Hall–Kier alpha value is -1.01. The van der Waals surface area contributed by atoms with Gasteiger partial charge in [-0.15, -0.1) is 11.3 Å². The maximum atomic E-state index is 13.4. The molecule has 0 fully saturated rings. The summed E-state index contributed by atoms with van der Waals surface area (Å²) in [6.45, 7) is 2.37. The Labute approximate surface area is 138 Å². The zero-order chi connectivity index (χ0) is 15.7. The number of nitrogens with zero attached hydrogens (tertiary/aromatic N) is 1. The molecule has 0 saturated heterocycles. The summed E-state index contributed by atoms with van der Waals surface area (Å²) in [6, 6.07) is 4.45. The van der Waals surface area contributed by atoms with Gasteiger partial charge in [-0.2, -0.15) is 0 Å². The molecule has 0 radical (unpaired) electrons. The van der Waals surface area contributed by atoms with Gasteiger partial charge in [0.15, 0.2) is 0 Å². The monoisotopic (exact) mass is 340 g/mol. The number of hydrogen-bond donors (Lipinski definition) is 2. The van der Waals surface area contributed by atoms with Gasteiger partial charge in [0.25, 0.3) is 0 Å². The van der Waals surface area contributed by atoms with Crippen LogP contribution in [0.2, 0.25) is 5.02 Å². The first-order valence-corrected chi connectivity index (χ1v) is 8.59. The molecule has 3 rings (SSSR count). The van der Waals surface area contributed by atoms with Crippen molar-refractivity contribution >= 4 is 22.9 Å². The van der Waals surface area contributed by atoms with Gasteiger partial charge >= 0.3 is 0 Å². The molecule has 0 amide bonds. The summed E-state index contributed by atoms with van der Waals surface area (Å²) >= 11 is 7.40. The highest BCUT2D eigenvalue weighted by Gasteiger charge is 2.20. The molecule has 6 heteroatoms. The van der Waals surface area contributed by atoms with Crippen LogP contribution in [0.3, 0.4) is 0 Å². The van der Waals surface area contributed by atoms with Crippen molar-refractivity contribution in [3.05, 3.63) is 50.2 Å². The Bertz CT molecular complexity index is 655. The van der Waals surface area contributed by atoms with Gasteiger partial charge in [-0.3, -0.25) is 0 Å². The van der Waals surface area contributed by atoms with Crippen molar-refractivity contribution in [2.45, 2.75) is 38.3 Å². The van der Waals surface area contributed by atoms with Gasteiger partial charge in [0, 0.05) is 11.4 Å². The van der Waals surface area contributed by atoms with E-state index in [9.17, 15) is 9.50 Å². The van der Waals surface area contributed by atoms with E-state index in [1.807, 2.05) is 6.92 Å². The van der Waals surface area contributed by atoms with Gasteiger partial charge in [0.05, 0.1) is 22.9 Å². The smallest absolute Gasteiger partial charge is 0.142 e. The second-order valence-electron chi connectivity index (χ2n) is 5.59. The Morgan fingerprint density at radius 3 is 3.00 bits per heavy atom. The zero-order valence-electron chi connectivity index (χ0n) is 12.3. The number of fused-ring (bicyclic) bond motifs is 1. The second kappa shape index (κ2) is 6.62. The van der Waals surface area contributed by atoms with Gasteiger partial charge in [0.1, 0.15) is 10.8 Å². The molecule has 0 bridgehead atoms. The summed E-state index contributed by atoms with van der Waals surface area (Å²) in [6.07, 6.45) is 2.63. The molecule has 0 aliphatic heterocycles. The quantitative estimate of drug-likeness (QED) is 0.870. The molecule has 0 saturated carbocycles. The number of hydrogen-bond acceptors (Lipinski definition) is 4. The predicted octanol–water partition coefficient (Wildman–Crippen LogP) is 3.81. The van der Waals surface area contributed by atoms with Crippen LogP contribution in [0.15, 0.2) is 18.2 Å². The summed E-state index contributed by atoms with van der Waals surface area (Å²) in [5, 5.41) is 14.5. The Kier molecular flexibility index (Phi) is 4.78. The van der Waals surface area contributed by atoms with Crippen molar-refractivity contribution in [3.63, 3.8) is 0 Å². The average Bonchev–Trinajstić information content (AvgIpc) is 3.08. The van der Waals surface area contributed by atoms with Crippen molar-refractivity contribution in [3.8, 4) is 0 Å². The number of rotatable bonds is 5. The van der Waals surface area contributed by atoms with Crippen molar-refractivity contribution in [2.75, 3.05) is 6.54 Å². The number of nitrogens with one attached hydrogen (secondary N) is 1. The predicted molar refractivity (Wildman–Crippen MR) is 86.9 cm³/mol. The van der Waals surface area contributed by atoms with Crippen LogP contribution in [0.5, 0.6) is 0 Å². The van der Waals surface area contributed by atoms with Crippen molar-refractivity contribution in [1.29, 1.82) is 0 Å². The highest BCUT2D eigenvalue weighted by atomic mass is 35.5. The minimum atomic E-state index is -0.777. The van der Waals surface area contributed by atoms with E-state index in [4.69, 9.17) is 11.6 Å². The van der Waals surface area contributed by atoms with E-state index in [1.54, 1.807) is 17.4 Å². The highest BCUT2D eigenvalue weighted by Crippen LogP contribution is 2.30. The summed E-state index contributed by atoms with van der Waals surface area (Å²) in [5.74, 6) is -0.511. The molecule has 1 aromatic heterocycles. The largest absolute Gasteiger partial charge is 0.387 e. The van der Waals surface area contributed by atoms with E-state index in [0.29, 0.717) is 12.1 Å². The van der Waals surface area contributed by atoms with Gasteiger partial charge in [-0.1, -0.05) is 17.7 Å². The molecule has 2 aromatic rings. The van der Waals surface area contributed by atoms with Gasteiger partial charge < -0.3 is 10.4 Å². The number of aliphatic hydroxyl groups is 1. The SMILES string of the molecule is CC(NCC(O)c1ccc(Cl)c(F)c1)c1nc2c(s1)CCC2. The first kappa shape index (κ1) is 15.9. The lowest BCUT2D eigenvalue weighted by Crippen LogP contribution is -2.24. The maximum Gasteiger partial charge on any atom is 0.142 e. The van der Waals surface area contributed by atoms with Crippen LogP contribution >= 0.6 is 22.9 Å². The number of thiazole rings is 1. The molecular weight excluding hydrogens is 323 g/mol. The van der Waals surface area contributed by atoms with Gasteiger partial charge in [-0.25, -0.2) is 9.37 Å². The van der Waals surface area contributed by atoms with Crippen LogP contribution in [-0.2, 0) is 12.8 Å². The molecule has 2 N–H and O–H groups in total. The van der Waals surface area contributed by atoms with Gasteiger partial charge in [-0.05, 0) is 43.9 Å². The van der Waals surface area contributed by atoms with Crippen LogP contribution in [0.25, 0.3) is 0 Å². The second-order valence-corrected chi connectivity index (χ2v) is 7.12. The van der Waals surface area contributed by atoms with E-state index >= 15 is 0 Å². The third-order valence-corrected chi connectivity index (χ3v) is 5.58. The molecule has 22 heavy (non-hydrogen) atoms. The van der Waals surface area contributed by atoms with E-state index in [0.717, 1.165) is 17.8 Å². The minimum absolute atomic E-state index is 0.0644. The minimum Gasteiger partial charge on any atom is -0.387 e. The van der Waals surface area contributed by atoms with Crippen molar-refractivity contribution in [2.24, 2.45) is 0 Å². The molecule has 1 aromatic carbocycles. The Morgan fingerprint density at radius 2 is 2.27 bits per heavy atom. The van der Waals surface area contributed by atoms with Crippen LogP contribution in [0.1, 0.15) is 46.6 Å². The van der Waals surface area contributed by atoms with E-state index in [1.165, 1.54) is 29.1 Å². The fourth-order valence-electron chi connectivity index (χ4n) is 2.61. The van der Waals surface area contributed by atoms with Gasteiger partial charge in [0.2, 0.25) is 0 Å². The molecule has 1 heterocycles. The van der Waals surface area contributed by atoms with E-state index in [2.05, 4.69) is 10.3 Å². The number of aryl methyl sites for hydroxylation is 2. The summed E-state index contributed by atoms with van der Waals surface area (Å²) in [4.78, 5) is 6.06. The molecular formula is C16H18ClFN2OS. The zero-order valence-corrected chi connectivity index (χ0v) is 13.8. The molecule has 118 valence electrons. The molecule has 3 nitrogen and oxygen atoms in total. The maximum absolute atomic E-state index is 13.4. The highest BCUT2D eigenvalue weighted by molar-refractivity contribution is 7.11. The lowest BCUT2D eigenvalue weighted by Gasteiger charge is -2.16. The molecule has 2 atom stereocenters. The van der Waals surface area contributed by atoms with Crippen molar-refractivity contribution < 1.29 is 9.50 Å². The summed E-state index contributed by atoms with van der Waals surface area (Å²) in [5.41, 5.74) is 1.75. The first-order valence-electron chi connectivity index (χ1n) is 7.39. The third kappa shape index (κ3) is 3.33. The van der Waals surface area contributed by atoms with Crippen LogP contribution < -0.4 is 5.32 Å². The summed E-state index contributed by atoms with van der Waals surface area (Å²) < 4.78 is 13.4. The molecule has 0 spiro atoms. The molecule has 2 unspecified atom stereocenters. The van der Waals surface area contributed by atoms with E-state index < -0.39 is 11.9 Å². The molecule has 1 aliphatic rings. The lowest BCUT2D eigenvalue weighted by atomic mass is 10.1. The summed E-state index contributed by atoms with van der Waals surface area (Å²) in [7, 11) is 0. The number of aromatic nitrogens is 1. The number of aliphatic hydroxyl groups excluding tert-OH is 1. The standard InChI is InChI=1S/C16H18ClFN2OS/c1-9(16-20-13-3-2-4-15(13)22-16)19-8-14(21)10-5-6-11(17)12(18)7-10/h5-7,9,14,19,21H,2-4,8H2,1H3. The van der Waals surface area contributed by atoms with Crippen LogP contribution in [0, 0.1) is 5.82 Å². The van der Waals surface area contributed by atoms with Crippen LogP contribution in [-0.4, -0.2) is 16.6 Å². The normalized spacial score (nSPS) is 16.5. The topological polar surface area (TPSA) is 45.1 Å². The fraction of sp³-hybridized carbons (Fsp3) is 0.438. The van der Waals surface area contributed by atoms with Crippen molar-refractivity contribution in [1.82, 2.24) is 10.3 Å². The average molecular weight is 341 g/mol. The van der Waals surface area contributed by atoms with E-state index in [-0.39, 0.29) is 11.1 Å². The number of benzene rings is 1. The molecule has 1 aliphatic carbocycles. The number of halogens is 2. The lowest BCUT2D eigenvalue weighted by molar-refractivity contribution is 0.170. The fourth-order valence-corrected chi connectivity index (χ4v) is 3.91. The third-order valence-electron chi connectivity index (χ3n) is 3.93.